The second-order valence-electron chi connectivity index (χ2n) is 3.64. The van der Waals surface area contributed by atoms with E-state index in [0.29, 0.717) is 22.2 Å². The number of carboxylic acid groups (broad SMARTS) is 1. The molecule has 17 heavy (non-hydrogen) atoms. The van der Waals surface area contributed by atoms with Crippen molar-refractivity contribution in [2.45, 2.75) is 6.42 Å². The second kappa shape index (κ2) is 4.29. The average molecular weight is 233 g/mol. The number of fused-ring (bicyclic) bond motifs is 1. The number of carboxylic acids is 1. The Hall–Kier alpha value is -2.30. The van der Waals surface area contributed by atoms with E-state index in [1.807, 2.05) is 0 Å². The lowest BCUT2D eigenvalue weighted by Gasteiger charge is -2.06. The first-order valence-electron chi connectivity index (χ1n) is 5.02. The Kier molecular flexibility index (Phi) is 2.82. The van der Waals surface area contributed by atoms with Crippen molar-refractivity contribution >= 4 is 16.9 Å². The number of aromatic amines is 1. The van der Waals surface area contributed by atoms with Crippen LogP contribution in [0.4, 0.5) is 0 Å². The largest absolute Gasteiger partial charge is 0.497 e. The number of H-pyrrole nitrogens is 1. The number of ether oxygens (including phenoxy) is 1. The standard InChI is InChI=1S/C12H11NO4/c1-17-8-2-3-10-9(6-8)7(5-12(15)16)4-11(14)13-10/h2-4,6H,5H2,1H3,(H,13,14)(H,15,16). The fourth-order valence-corrected chi connectivity index (χ4v) is 1.74. The lowest BCUT2D eigenvalue weighted by Crippen LogP contribution is -2.09. The molecule has 0 saturated heterocycles. The summed E-state index contributed by atoms with van der Waals surface area (Å²) in [5.41, 5.74) is 0.781. The van der Waals surface area contributed by atoms with Crippen molar-refractivity contribution in [1.82, 2.24) is 4.98 Å². The molecule has 0 atom stereocenters. The van der Waals surface area contributed by atoms with Gasteiger partial charge >= 0.3 is 5.97 Å². The van der Waals surface area contributed by atoms with Gasteiger partial charge in [0.15, 0.2) is 0 Å². The zero-order chi connectivity index (χ0) is 12.4. The van der Waals surface area contributed by atoms with Crippen LogP contribution in [-0.4, -0.2) is 23.2 Å². The van der Waals surface area contributed by atoms with Gasteiger partial charge in [0, 0.05) is 17.0 Å². The lowest BCUT2D eigenvalue weighted by atomic mass is 10.1. The molecule has 0 aliphatic heterocycles. The van der Waals surface area contributed by atoms with Crippen LogP contribution in [0, 0.1) is 0 Å². The molecule has 0 unspecified atom stereocenters. The molecule has 2 aromatic rings. The molecule has 1 heterocycles. The van der Waals surface area contributed by atoms with Crippen LogP contribution in [0.5, 0.6) is 5.75 Å². The Morgan fingerprint density at radius 3 is 2.82 bits per heavy atom. The van der Waals surface area contributed by atoms with Gasteiger partial charge in [0.1, 0.15) is 5.75 Å². The highest BCUT2D eigenvalue weighted by molar-refractivity contribution is 5.86. The van der Waals surface area contributed by atoms with Gasteiger partial charge in [-0.3, -0.25) is 9.59 Å². The minimum Gasteiger partial charge on any atom is -0.497 e. The van der Waals surface area contributed by atoms with Crippen LogP contribution in [0.15, 0.2) is 29.1 Å². The summed E-state index contributed by atoms with van der Waals surface area (Å²) in [6.07, 6.45) is -0.187. The van der Waals surface area contributed by atoms with E-state index in [9.17, 15) is 9.59 Å². The van der Waals surface area contributed by atoms with Crippen LogP contribution < -0.4 is 10.3 Å². The van der Waals surface area contributed by atoms with Crippen molar-refractivity contribution in [1.29, 1.82) is 0 Å². The molecule has 0 aliphatic carbocycles. The topological polar surface area (TPSA) is 79.4 Å². The van der Waals surface area contributed by atoms with Gasteiger partial charge in [0.2, 0.25) is 5.56 Å². The van der Waals surface area contributed by atoms with Gasteiger partial charge < -0.3 is 14.8 Å². The molecule has 0 saturated carbocycles. The van der Waals surface area contributed by atoms with Crippen LogP contribution in [0.25, 0.3) is 10.9 Å². The highest BCUT2D eigenvalue weighted by atomic mass is 16.5. The van der Waals surface area contributed by atoms with Gasteiger partial charge in [-0.1, -0.05) is 0 Å². The quantitative estimate of drug-likeness (QED) is 0.833. The summed E-state index contributed by atoms with van der Waals surface area (Å²) in [5.74, 6) is -0.351. The van der Waals surface area contributed by atoms with Crippen molar-refractivity contribution in [2.75, 3.05) is 7.11 Å². The maximum Gasteiger partial charge on any atom is 0.307 e. The number of rotatable bonds is 3. The second-order valence-corrected chi connectivity index (χ2v) is 3.64. The predicted octanol–water partition coefficient (Wildman–Crippen LogP) is 1.16. The molecule has 2 rings (SSSR count). The van der Waals surface area contributed by atoms with Gasteiger partial charge in [0.25, 0.3) is 0 Å². The third-order valence-corrected chi connectivity index (χ3v) is 2.48. The summed E-state index contributed by atoms with van der Waals surface area (Å²) in [4.78, 5) is 24.7. The predicted molar refractivity (Wildman–Crippen MR) is 62.5 cm³/mol. The first-order chi connectivity index (χ1) is 8.10. The summed E-state index contributed by atoms with van der Waals surface area (Å²) in [5, 5.41) is 9.49. The number of hydrogen-bond donors (Lipinski definition) is 2. The smallest absolute Gasteiger partial charge is 0.307 e. The molecule has 5 nitrogen and oxygen atoms in total. The Morgan fingerprint density at radius 2 is 2.18 bits per heavy atom. The fourth-order valence-electron chi connectivity index (χ4n) is 1.74. The van der Waals surface area contributed by atoms with Gasteiger partial charge in [0.05, 0.1) is 13.5 Å². The normalized spacial score (nSPS) is 10.4. The van der Waals surface area contributed by atoms with E-state index in [-0.39, 0.29) is 12.0 Å². The number of pyridine rings is 1. The number of aromatic nitrogens is 1. The first-order valence-corrected chi connectivity index (χ1v) is 5.02. The SMILES string of the molecule is COc1ccc2[nH]c(=O)cc(CC(=O)O)c2c1. The molecule has 0 fully saturated rings. The maximum absolute atomic E-state index is 11.4. The zero-order valence-corrected chi connectivity index (χ0v) is 9.19. The van der Waals surface area contributed by atoms with Crippen LogP contribution in [0.1, 0.15) is 5.56 Å². The van der Waals surface area contributed by atoms with E-state index in [1.54, 1.807) is 18.2 Å². The maximum atomic E-state index is 11.4. The Morgan fingerprint density at radius 1 is 1.41 bits per heavy atom. The molecule has 0 aliphatic rings. The van der Waals surface area contributed by atoms with E-state index in [0.717, 1.165) is 0 Å². The van der Waals surface area contributed by atoms with E-state index in [4.69, 9.17) is 9.84 Å². The van der Waals surface area contributed by atoms with E-state index in [2.05, 4.69) is 4.98 Å². The summed E-state index contributed by atoms with van der Waals surface area (Å²) < 4.78 is 5.07. The van der Waals surface area contributed by atoms with Crippen LogP contribution in [-0.2, 0) is 11.2 Å². The number of nitrogens with one attached hydrogen (secondary N) is 1. The molecule has 2 N–H and O–H groups in total. The van der Waals surface area contributed by atoms with Crippen LogP contribution >= 0.6 is 0 Å². The zero-order valence-electron chi connectivity index (χ0n) is 9.19. The Balaban J connectivity index is 2.70. The number of carbonyl (C=O) groups is 1. The minimum absolute atomic E-state index is 0.187. The monoisotopic (exact) mass is 233 g/mol. The molecular weight excluding hydrogens is 222 g/mol. The van der Waals surface area contributed by atoms with Gasteiger partial charge in [-0.15, -0.1) is 0 Å². The molecule has 0 radical (unpaired) electrons. The number of benzene rings is 1. The minimum atomic E-state index is -0.972. The summed E-state index contributed by atoms with van der Waals surface area (Å²) in [7, 11) is 1.53. The molecule has 0 spiro atoms. The third-order valence-electron chi connectivity index (χ3n) is 2.48. The third kappa shape index (κ3) is 2.28. The molecular formula is C12H11NO4. The van der Waals surface area contributed by atoms with Gasteiger partial charge in [-0.25, -0.2) is 0 Å². The van der Waals surface area contributed by atoms with Crippen molar-refractivity contribution in [3.05, 3.63) is 40.2 Å². The van der Waals surface area contributed by atoms with E-state index in [1.165, 1.54) is 13.2 Å². The fraction of sp³-hybridized carbons (Fsp3) is 0.167. The van der Waals surface area contributed by atoms with Crippen molar-refractivity contribution in [3.63, 3.8) is 0 Å². The van der Waals surface area contributed by atoms with E-state index >= 15 is 0 Å². The first kappa shape index (κ1) is 11.2. The highest BCUT2D eigenvalue weighted by Gasteiger charge is 2.08. The molecule has 5 heteroatoms. The van der Waals surface area contributed by atoms with Crippen LogP contribution in [0.2, 0.25) is 0 Å². The summed E-state index contributed by atoms with van der Waals surface area (Å²) in [6, 6.07) is 6.42. The number of methoxy groups -OCH3 is 1. The van der Waals surface area contributed by atoms with Crippen molar-refractivity contribution < 1.29 is 14.6 Å². The number of hydrogen-bond acceptors (Lipinski definition) is 3. The molecule has 1 aromatic heterocycles. The van der Waals surface area contributed by atoms with Crippen molar-refractivity contribution in [2.24, 2.45) is 0 Å². The van der Waals surface area contributed by atoms with Gasteiger partial charge in [-0.05, 0) is 23.8 Å². The lowest BCUT2D eigenvalue weighted by molar-refractivity contribution is -0.136. The van der Waals surface area contributed by atoms with Crippen LogP contribution in [0.3, 0.4) is 0 Å². The molecule has 1 aromatic carbocycles. The average Bonchev–Trinajstić information content (AvgIpc) is 2.27. The summed E-state index contributed by atoms with van der Waals surface area (Å²) in [6.45, 7) is 0. The molecule has 88 valence electrons. The van der Waals surface area contributed by atoms with Gasteiger partial charge in [-0.2, -0.15) is 0 Å². The number of aliphatic carboxylic acids is 1. The van der Waals surface area contributed by atoms with Crippen molar-refractivity contribution in [3.8, 4) is 5.75 Å². The summed E-state index contributed by atoms with van der Waals surface area (Å²) >= 11 is 0. The molecule has 0 bridgehead atoms. The molecule has 0 amide bonds. The highest BCUT2D eigenvalue weighted by Crippen LogP contribution is 2.21. The Bertz CT molecular complexity index is 630. The van der Waals surface area contributed by atoms with E-state index < -0.39 is 5.97 Å². The Labute approximate surface area is 96.7 Å².